The van der Waals surface area contributed by atoms with Gasteiger partial charge in [-0.05, 0) is 40.5 Å². The predicted molar refractivity (Wildman–Crippen MR) is 120 cm³/mol. The zero-order valence-corrected chi connectivity index (χ0v) is 17.2. The van der Waals surface area contributed by atoms with Gasteiger partial charge in [-0.15, -0.1) is 0 Å². The van der Waals surface area contributed by atoms with Gasteiger partial charge in [0.15, 0.2) is 0 Å². The Labute approximate surface area is 184 Å². The van der Waals surface area contributed by atoms with Crippen LogP contribution in [0.1, 0.15) is 27.4 Å². The minimum absolute atomic E-state index is 0.0200. The molecule has 1 aliphatic carbocycles. The number of aromatic carboxylic acids is 1. The Morgan fingerprint density at radius 2 is 1.69 bits per heavy atom. The van der Waals surface area contributed by atoms with Crippen LogP contribution in [0.3, 0.4) is 0 Å². The summed E-state index contributed by atoms with van der Waals surface area (Å²) in [6.45, 7) is 1.05. The number of carboxylic acids is 1. The quantitative estimate of drug-likeness (QED) is 0.479. The van der Waals surface area contributed by atoms with Gasteiger partial charge in [0.05, 0.1) is 23.8 Å². The minimum Gasteiger partial charge on any atom is -0.478 e. The predicted octanol–water partition coefficient (Wildman–Crippen LogP) is 4.27. The highest BCUT2D eigenvalue weighted by molar-refractivity contribution is 5.93. The summed E-state index contributed by atoms with van der Waals surface area (Å²) >= 11 is 0. The number of fused-ring (bicyclic) bond motifs is 4. The number of aromatic nitrogens is 2. The molecule has 7 heteroatoms. The van der Waals surface area contributed by atoms with E-state index in [-0.39, 0.29) is 18.1 Å². The van der Waals surface area contributed by atoms with Gasteiger partial charge < -0.3 is 15.2 Å². The molecule has 4 aromatic rings. The summed E-state index contributed by atoms with van der Waals surface area (Å²) in [6.07, 6.45) is 1.14. The SMILES string of the molecule is O=C(NCCn1ncc2cc(C(=O)O)ccc21)OCC1c2ccccc2-c2ccccc21. The lowest BCUT2D eigenvalue weighted by atomic mass is 9.98. The summed E-state index contributed by atoms with van der Waals surface area (Å²) in [7, 11) is 0. The Morgan fingerprint density at radius 3 is 2.38 bits per heavy atom. The standard InChI is InChI=1S/C25H21N3O4/c29-24(30)16-9-10-23-17(13-16)14-27-28(23)12-11-26-25(31)32-15-22-20-7-3-1-5-18(20)19-6-2-4-8-21(19)22/h1-10,13-14,22H,11-12,15H2,(H,26,31)(H,29,30). The molecule has 0 atom stereocenters. The number of amides is 1. The van der Waals surface area contributed by atoms with E-state index in [1.807, 2.05) is 24.3 Å². The smallest absolute Gasteiger partial charge is 0.407 e. The summed E-state index contributed by atoms with van der Waals surface area (Å²) in [5, 5.41) is 16.9. The molecule has 32 heavy (non-hydrogen) atoms. The Kier molecular flexibility index (Phi) is 5.07. The highest BCUT2D eigenvalue weighted by Gasteiger charge is 2.28. The molecule has 0 radical (unpaired) electrons. The number of carboxylic acid groups (broad SMARTS) is 1. The van der Waals surface area contributed by atoms with Crippen molar-refractivity contribution >= 4 is 23.0 Å². The number of hydrogen-bond acceptors (Lipinski definition) is 4. The molecule has 160 valence electrons. The molecule has 0 unspecified atom stereocenters. The first-order valence-electron chi connectivity index (χ1n) is 10.4. The molecule has 0 bridgehead atoms. The number of nitrogens with one attached hydrogen (secondary N) is 1. The third kappa shape index (κ3) is 3.58. The van der Waals surface area contributed by atoms with Crippen molar-refractivity contribution < 1.29 is 19.4 Å². The van der Waals surface area contributed by atoms with Crippen molar-refractivity contribution in [3.05, 3.63) is 89.6 Å². The molecule has 1 aliphatic rings. The average molecular weight is 427 g/mol. The van der Waals surface area contributed by atoms with E-state index in [4.69, 9.17) is 9.84 Å². The minimum atomic E-state index is -0.975. The molecule has 3 aromatic carbocycles. The van der Waals surface area contributed by atoms with Crippen molar-refractivity contribution in [2.24, 2.45) is 0 Å². The second-order valence-electron chi connectivity index (χ2n) is 7.70. The van der Waals surface area contributed by atoms with Crippen molar-refractivity contribution in [2.75, 3.05) is 13.2 Å². The molecule has 0 fully saturated rings. The Morgan fingerprint density at radius 1 is 1.00 bits per heavy atom. The third-order valence-corrected chi connectivity index (χ3v) is 5.83. The molecule has 0 aliphatic heterocycles. The van der Waals surface area contributed by atoms with Crippen molar-refractivity contribution in [3.63, 3.8) is 0 Å². The van der Waals surface area contributed by atoms with Crippen LogP contribution in [0.2, 0.25) is 0 Å². The highest BCUT2D eigenvalue weighted by atomic mass is 16.5. The van der Waals surface area contributed by atoms with Gasteiger partial charge >= 0.3 is 12.1 Å². The van der Waals surface area contributed by atoms with E-state index in [1.54, 1.807) is 29.1 Å². The summed E-state index contributed by atoms with van der Waals surface area (Å²) in [5.74, 6) is -0.955. The van der Waals surface area contributed by atoms with Gasteiger partial charge in [0.2, 0.25) is 0 Å². The Hall–Kier alpha value is -4.13. The maximum Gasteiger partial charge on any atom is 0.407 e. The van der Waals surface area contributed by atoms with E-state index < -0.39 is 12.1 Å². The van der Waals surface area contributed by atoms with E-state index in [0.717, 1.165) is 10.9 Å². The number of ether oxygens (including phenoxy) is 1. The van der Waals surface area contributed by atoms with Crippen LogP contribution in [0.5, 0.6) is 0 Å². The lowest BCUT2D eigenvalue weighted by Gasteiger charge is -2.14. The highest BCUT2D eigenvalue weighted by Crippen LogP contribution is 2.44. The molecule has 1 heterocycles. The summed E-state index contributed by atoms with van der Waals surface area (Å²) < 4.78 is 7.27. The number of nitrogens with zero attached hydrogens (tertiary/aromatic N) is 2. The number of benzene rings is 3. The van der Waals surface area contributed by atoms with E-state index >= 15 is 0 Å². The van der Waals surface area contributed by atoms with Gasteiger partial charge in [-0.2, -0.15) is 5.10 Å². The Bertz CT molecular complexity index is 1280. The van der Waals surface area contributed by atoms with Crippen LogP contribution in [-0.4, -0.2) is 40.1 Å². The van der Waals surface area contributed by atoms with E-state index in [1.165, 1.54) is 22.3 Å². The lowest BCUT2D eigenvalue weighted by Crippen LogP contribution is -2.29. The molecule has 2 N–H and O–H groups in total. The maximum atomic E-state index is 12.3. The van der Waals surface area contributed by atoms with E-state index in [2.05, 4.69) is 34.7 Å². The molecular formula is C25H21N3O4. The zero-order valence-electron chi connectivity index (χ0n) is 17.2. The maximum absolute atomic E-state index is 12.3. The largest absolute Gasteiger partial charge is 0.478 e. The zero-order chi connectivity index (χ0) is 22.1. The van der Waals surface area contributed by atoms with Crippen molar-refractivity contribution in [1.29, 1.82) is 0 Å². The fourth-order valence-electron chi connectivity index (χ4n) is 4.31. The average Bonchev–Trinajstić information content (AvgIpc) is 3.36. The van der Waals surface area contributed by atoms with Crippen LogP contribution in [0.25, 0.3) is 22.0 Å². The van der Waals surface area contributed by atoms with Crippen LogP contribution in [-0.2, 0) is 11.3 Å². The topological polar surface area (TPSA) is 93.5 Å². The summed E-state index contributed by atoms with van der Waals surface area (Å²) in [4.78, 5) is 23.4. The number of hydrogen-bond donors (Lipinski definition) is 2. The van der Waals surface area contributed by atoms with Crippen molar-refractivity contribution in [2.45, 2.75) is 12.5 Å². The van der Waals surface area contributed by atoms with Crippen LogP contribution in [0.4, 0.5) is 4.79 Å². The number of carbonyl (C=O) groups excluding carboxylic acids is 1. The van der Waals surface area contributed by atoms with Gasteiger partial charge in [-0.3, -0.25) is 4.68 Å². The first-order chi connectivity index (χ1) is 15.6. The van der Waals surface area contributed by atoms with Crippen LogP contribution in [0.15, 0.2) is 72.9 Å². The first-order valence-corrected chi connectivity index (χ1v) is 10.4. The summed E-state index contributed by atoms with van der Waals surface area (Å²) in [6, 6.07) is 21.3. The molecule has 0 saturated carbocycles. The number of rotatable bonds is 6. The molecule has 0 saturated heterocycles. The second kappa shape index (κ2) is 8.19. The molecule has 5 rings (SSSR count). The van der Waals surface area contributed by atoms with Gasteiger partial charge in [0, 0.05) is 17.8 Å². The molecule has 1 amide bonds. The molecule has 7 nitrogen and oxygen atoms in total. The Balaban J connectivity index is 1.19. The fourth-order valence-corrected chi connectivity index (χ4v) is 4.31. The van der Waals surface area contributed by atoms with Crippen LogP contribution >= 0.6 is 0 Å². The normalized spacial score (nSPS) is 12.4. The van der Waals surface area contributed by atoms with Crippen molar-refractivity contribution in [3.8, 4) is 11.1 Å². The fraction of sp³-hybridized carbons (Fsp3) is 0.160. The summed E-state index contributed by atoms with van der Waals surface area (Å²) in [5.41, 5.74) is 5.75. The van der Waals surface area contributed by atoms with Crippen LogP contribution in [0, 0.1) is 0 Å². The van der Waals surface area contributed by atoms with Gasteiger partial charge in [-0.25, -0.2) is 9.59 Å². The monoisotopic (exact) mass is 427 g/mol. The van der Waals surface area contributed by atoms with E-state index in [9.17, 15) is 9.59 Å². The molecule has 0 spiro atoms. The second-order valence-corrected chi connectivity index (χ2v) is 7.70. The van der Waals surface area contributed by atoms with Crippen molar-refractivity contribution in [1.82, 2.24) is 15.1 Å². The van der Waals surface area contributed by atoms with Crippen LogP contribution < -0.4 is 5.32 Å². The number of carbonyl (C=O) groups is 2. The lowest BCUT2D eigenvalue weighted by molar-refractivity contribution is 0.0697. The van der Waals surface area contributed by atoms with Gasteiger partial charge in [-0.1, -0.05) is 48.5 Å². The van der Waals surface area contributed by atoms with Gasteiger partial charge in [0.1, 0.15) is 6.61 Å². The molecular weight excluding hydrogens is 406 g/mol. The first kappa shape index (κ1) is 19.8. The third-order valence-electron chi connectivity index (χ3n) is 5.83. The molecule has 1 aromatic heterocycles. The number of alkyl carbamates (subject to hydrolysis) is 1. The van der Waals surface area contributed by atoms with Gasteiger partial charge in [0.25, 0.3) is 0 Å². The van der Waals surface area contributed by atoms with E-state index in [0.29, 0.717) is 13.1 Å².